The molecule has 0 aliphatic carbocycles. The van der Waals surface area contributed by atoms with E-state index >= 15 is 0 Å². The molecule has 0 bridgehead atoms. The second-order valence-corrected chi connectivity index (χ2v) is 36.3. The van der Waals surface area contributed by atoms with Gasteiger partial charge in [-0.05, 0) is 141 Å². The van der Waals surface area contributed by atoms with Crippen LogP contribution in [0.4, 0.5) is 49.0 Å². The molecule has 0 radical (unpaired) electrons. The van der Waals surface area contributed by atoms with E-state index < -0.39 is 0 Å². The van der Waals surface area contributed by atoms with E-state index in [1.54, 1.807) is 152 Å². The van der Waals surface area contributed by atoms with Gasteiger partial charge in [0.1, 0.15) is 57.5 Å². The molecule has 4 N–H and O–H groups in total. The van der Waals surface area contributed by atoms with E-state index in [0.717, 1.165) is 61.7 Å². The molecule has 0 amide bonds. The molecule has 39 heteroatoms. The van der Waals surface area contributed by atoms with Gasteiger partial charge >= 0.3 is 0 Å². The summed E-state index contributed by atoms with van der Waals surface area (Å²) in [6.07, 6.45) is 6.96. The molecule has 128 heavy (non-hydrogen) atoms. The van der Waals surface area contributed by atoms with Crippen molar-refractivity contribution in [3.63, 3.8) is 0 Å². The largest absolute Gasteiger partial charge is 0.497 e. The first-order valence-corrected chi connectivity index (χ1v) is 46.9. The summed E-state index contributed by atoms with van der Waals surface area (Å²) >= 11 is 31.7. The van der Waals surface area contributed by atoms with Gasteiger partial charge < -0.3 is 74.2 Å². The molecule has 4 saturated heterocycles. The number of halogens is 4. The number of ether oxygens (including phenoxy) is 6. The van der Waals surface area contributed by atoms with Crippen molar-refractivity contribution in [1.82, 2.24) is 58.1 Å². The van der Waals surface area contributed by atoms with Crippen LogP contribution in [-0.2, 0) is 47.1 Å². The van der Waals surface area contributed by atoms with Crippen molar-refractivity contribution in [1.29, 1.82) is 0 Å². The van der Waals surface area contributed by atoms with Crippen LogP contribution in [0, 0.1) is 34.6 Å². The van der Waals surface area contributed by atoms with E-state index in [9.17, 15) is 19.2 Å². The zero-order valence-corrected chi connectivity index (χ0v) is 80.8. The number of aromatic nitrogens is 12. The molecule has 0 spiro atoms. The Bertz CT molecular complexity index is 5890. The molecule has 31 nitrogen and oxygen atoms in total. The summed E-state index contributed by atoms with van der Waals surface area (Å²) in [5, 5.41) is 27.4. The lowest BCUT2D eigenvalue weighted by molar-refractivity contribution is 0.0718. The summed E-state index contributed by atoms with van der Waals surface area (Å²) in [7, 11) is 14.0. The van der Waals surface area contributed by atoms with Gasteiger partial charge in [0.2, 0.25) is 0 Å². The highest BCUT2D eigenvalue weighted by molar-refractivity contribution is 7.14. The standard InChI is InChI=1S/C23H29ClN6O2S.C23H29N5O3S.C22H26ClN5O3S.C21H23Cl2N5O2S/c1-6-32-19-13-30(23-25-9-10-33-23)12-18(19)27-20-14(2)26-21(29(5)22(20)31)16-8-7-15(28(3)4)11-17(16)24;1-6-31-19-13-28(23-24-9-10-32-23)12-18(19)26-20-15(3)25-21(27(4)22(20)29)17-8-7-16(30-5)11-14(17)2;1-5-31-18-12-28(22-24-8-9-32-22)11-17(18)26-19-13(2)25-20(27(3)21(19)29)15-7-6-14(30-4)10-16(15)23;1-4-30-17-11-28(21-24-7-8-31-21)10-16(17)26-18-12(2)25-19(27(3)20(18)29)14-6-5-13(22)9-15(14)23/h7-11,18-19,27H,6,12-13H2,1-5H3;7-11,18-19,26H,6,12-13H2,1-5H3;6-10,17-18,26H,5,11-12H2,1-4H3;5-9,16-17,26H,4,10-11H2,1-3H3/t2*18?,19-;17?,18-;16?,17-/m0000/s1. The van der Waals surface area contributed by atoms with Gasteiger partial charge in [0, 0.05) is 200 Å². The number of anilines is 9. The van der Waals surface area contributed by atoms with Crippen molar-refractivity contribution in [2.45, 2.75) is 111 Å². The summed E-state index contributed by atoms with van der Waals surface area (Å²) in [5.74, 6) is 3.59. The minimum Gasteiger partial charge on any atom is -0.497 e. The molecule has 4 aliphatic rings. The number of nitrogens with one attached hydrogen (secondary N) is 4. The minimum atomic E-state index is -0.170. The molecule has 4 unspecified atom stereocenters. The van der Waals surface area contributed by atoms with Crippen LogP contribution in [0.5, 0.6) is 11.5 Å². The summed E-state index contributed by atoms with van der Waals surface area (Å²) in [6.45, 7) is 25.3. The highest BCUT2D eigenvalue weighted by Crippen LogP contribution is 2.38. The summed E-state index contributed by atoms with van der Waals surface area (Å²) in [6, 6.07) is 21.7. The molecule has 4 aliphatic heterocycles. The average molecular weight is 1900 g/mol. The molecule has 12 heterocycles. The van der Waals surface area contributed by atoms with Crippen LogP contribution in [0.15, 0.2) is 138 Å². The van der Waals surface area contributed by atoms with E-state index in [2.05, 4.69) is 65.8 Å². The van der Waals surface area contributed by atoms with Crippen LogP contribution in [0.3, 0.4) is 0 Å². The summed E-state index contributed by atoms with van der Waals surface area (Å²) in [4.78, 5) is 101. The first-order valence-electron chi connectivity index (χ1n) is 41.9. The van der Waals surface area contributed by atoms with Gasteiger partial charge in [0.15, 0.2) is 20.5 Å². The molecule has 0 saturated carbocycles. The van der Waals surface area contributed by atoms with Crippen LogP contribution in [0.1, 0.15) is 56.0 Å². The Kier molecular flexibility index (Phi) is 32.0. The lowest BCUT2D eigenvalue weighted by atomic mass is 10.1. The van der Waals surface area contributed by atoms with Crippen molar-refractivity contribution in [2.75, 3.05) is 153 Å². The minimum absolute atomic E-state index is 0.0411. The van der Waals surface area contributed by atoms with Crippen LogP contribution in [0.2, 0.25) is 20.1 Å². The van der Waals surface area contributed by atoms with Crippen molar-refractivity contribution in [3.8, 4) is 57.1 Å². The SMILES string of the molecule is CCO[C@H]1CN(c2nccs2)CC1Nc1c(C)nc(-c2ccc(Cl)cc2Cl)n(C)c1=O.CCO[C@H]1CN(c2nccs2)CC1Nc1c(C)nc(-c2ccc(N(C)C)cc2Cl)n(C)c1=O.CCO[C@H]1CN(c2nccs2)CC1Nc1c(C)nc(-c2ccc(OC)cc2C)n(C)c1=O.CCO[C@H]1CN(c2nccs2)CC1Nc1c(C)nc(-c2ccc(OC)cc2Cl)n(C)c1=O. The number of aryl methyl sites for hydroxylation is 5. The fourth-order valence-corrected chi connectivity index (χ4v) is 19.6. The Labute approximate surface area is 779 Å². The number of thiazole rings is 4. The fraction of sp³-hybridized carbons (Fsp3) is 0.416. The third-order valence-electron chi connectivity index (χ3n) is 22.5. The van der Waals surface area contributed by atoms with Gasteiger partial charge in [-0.15, -0.1) is 45.3 Å². The topological polar surface area (TPSA) is 311 Å². The van der Waals surface area contributed by atoms with Crippen LogP contribution >= 0.6 is 91.8 Å². The number of hydrogen-bond acceptors (Lipinski definition) is 31. The van der Waals surface area contributed by atoms with E-state index in [-0.39, 0.29) is 70.8 Å². The van der Waals surface area contributed by atoms with Gasteiger partial charge in [0.25, 0.3) is 22.2 Å². The van der Waals surface area contributed by atoms with Crippen LogP contribution < -0.4 is 77.5 Å². The number of methoxy groups -OCH3 is 2. The van der Waals surface area contributed by atoms with Gasteiger partial charge in [-0.25, -0.2) is 39.9 Å². The predicted octanol–water partition coefficient (Wildman–Crippen LogP) is 14.7. The molecular weight excluding hydrogens is 1790 g/mol. The molecule has 8 atom stereocenters. The van der Waals surface area contributed by atoms with E-state index in [4.69, 9.17) is 89.8 Å². The fourth-order valence-electron chi connectivity index (χ4n) is 16.0. The average Bonchev–Trinajstić information content (AvgIpc) is 1.56. The highest BCUT2D eigenvalue weighted by Gasteiger charge is 2.40. The monoisotopic (exact) mass is 1900 g/mol. The zero-order chi connectivity index (χ0) is 91.5. The smallest absolute Gasteiger partial charge is 0.277 e. The number of benzene rings is 4. The Morgan fingerprint density at radius 2 is 0.664 bits per heavy atom. The van der Waals surface area contributed by atoms with E-state index in [1.165, 1.54) is 9.13 Å². The number of nitrogens with zero attached hydrogens (tertiary/aromatic N) is 17. The molecular formula is C89H107Cl4N21O10S4. The van der Waals surface area contributed by atoms with Crippen molar-refractivity contribution in [2.24, 2.45) is 28.2 Å². The van der Waals surface area contributed by atoms with E-state index in [0.29, 0.717) is 171 Å². The van der Waals surface area contributed by atoms with Crippen molar-refractivity contribution >= 4 is 141 Å². The number of hydrogen-bond donors (Lipinski definition) is 4. The zero-order valence-electron chi connectivity index (χ0n) is 74.5. The maximum Gasteiger partial charge on any atom is 0.277 e. The normalized spacial score (nSPS) is 18.3. The van der Waals surface area contributed by atoms with Gasteiger partial charge in [-0.1, -0.05) is 46.4 Å². The van der Waals surface area contributed by atoms with Crippen LogP contribution in [0.25, 0.3) is 45.6 Å². The summed E-state index contributed by atoms with van der Waals surface area (Å²) < 4.78 is 40.6. The second-order valence-electron chi connectivity index (χ2n) is 31.1. The second kappa shape index (κ2) is 43.0. The maximum atomic E-state index is 13.4. The Hall–Kier alpha value is -10.3. The molecule has 4 aromatic carbocycles. The number of rotatable bonds is 27. The first-order chi connectivity index (χ1) is 61.5. The lowest BCUT2D eigenvalue weighted by Crippen LogP contribution is -2.38. The predicted molar refractivity (Wildman–Crippen MR) is 519 cm³/mol. The van der Waals surface area contributed by atoms with Gasteiger partial charge in [0.05, 0.1) is 101 Å². The van der Waals surface area contributed by atoms with Crippen LogP contribution in [-0.4, -0.2) is 214 Å². The Balaban J connectivity index is 0.000000146. The van der Waals surface area contributed by atoms with Crippen molar-refractivity contribution in [3.05, 3.63) is 209 Å². The van der Waals surface area contributed by atoms with Gasteiger partial charge in [-0.2, -0.15) is 0 Å². The molecule has 680 valence electrons. The third kappa shape index (κ3) is 21.6. The van der Waals surface area contributed by atoms with Crippen molar-refractivity contribution < 1.29 is 28.4 Å². The highest BCUT2D eigenvalue weighted by atomic mass is 35.5. The Morgan fingerprint density at radius 3 is 0.930 bits per heavy atom. The first kappa shape index (κ1) is 95.3. The van der Waals surface area contributed by atoms with Gasteiger partial charge in [-0.3, -0.25) is 37.4 Å². The quantitative estimate of drug-likeness (QED) is 0.0372. The summed E-state index contributed by atoms with van der Waals surface area (Å²) in [5.41, 5.74) is 8.79. The molecule has 12 aromatic rings. The lowest BCUT2D eigenvalue weighted by Gasteiger charge is -2.22. The Morgan fingerprint density at radius 1 is 0.383 bits per heavy atom. The molecule has 16 rings (SSSR count). The van der Waals surface area contributed by atoms with E-state index in [1.807, 2.05) is 145 Å². The molecule has 8 aromatic heterocycles. The molecule has 4 fully saturated rings. The maximum absolute atomic E-state index is 13.4. The third-order valence-corrected chi connectivity index (χ3v) is 27.0.